The lowest BCUT2D eigenvalue weighted by Gasteiger charge is -2.26. The summed E-state index contributed by atoms with van der Waals surface area (Å²) < 4.78 is 85.1. The number of nitro benzene ring substituents is 1. The molecular weight excluding hydrogens is 496 g/mol. The Morgan fingerprint density at radius 1 is 1.00 bits per heavy atom. The van der Waals surface area contributed by atoms with E-state index in [1.165, 1.54) is 19.1 Å². The average Bonchev–Trinajstić information content (AvgIpc) is 3.42. The Bertz CT molecular complexity index is 1150. The number of ether oxygens (including phenoxy) is 1. The van der Waals surface area contributed by atoms with Crippen LogP contribution in [0.1, 0.15) is 48.1 Å². The van der Waals surface area contributed by atoms with Crippen LogP contribution in [0.25, 0.3) is 0 Å². The fourth-order valence-electron chi connectivity index (χ4n) is 4.57. The molecule has 13 heteroatoms. The second-order valence-electron chi connectivity index (χ2n) is 8.78. The Hall–Kier alpha value is -3.51. The fourth-order valence-corrected chi connectivity index (χ4v) is 4.57. The van der Waals surface area contributed by atoms with Gasteiger partial charge < -0.3 is 9.64 Å². The van der Waals surface area contributed by atoms with Crippen molar-refractivity contribution in [1.29, 1.82) is 0 Å². The predicted molar refractivity (Wildman–Crippen MR) is 115 cm³/mol. The normalized spacial score (nSPS) is 20.7. The predicted octanol–water partition coefficient (Wildman–Crippen LogP) is 6.31. The Morgan fingerprint density at radius 3 is 2.11 bits per heavy atom. The summed E-state index contributed by atoms with van der Waals surface area (Å²) in [6, 6.07) is 4.36. The Kier molecular flexibility index (Phi) is 6.52. The molecule has 0 aliphatic carbocycles. The van der Waals surface area contributed by atoms with Gasteiger partial charge in [0.1, 0.15) is 6.10 Å². The third-order valence-corrected chi connectivity index (χ3v) is 6.39. The van der Waals surface area contributed by atoms with Gasteiger partial charge in [0.15, 0.2) is 0 Å². The molecule has 2 atom stereocenters. The zero-order valence-corrected chi connectivity index (χ0v) is 18.9. The molecule has 4 rings (SSSR count). The number of nitrogens with zero attached hydrogens (tertiary/aromatic N) is 3. The summed E-state index contributed by atoms with van der Waals surface area (Å²) in [5.74, 6) is 0. The topological polar surface area (TPSA) is 75.9 Å². The van der Waals surface area contributed by atoms with Crippen LogP contribution in [0, 0.1) is 10.1 Å². The second-order valence-corrected chi connectivity index (χ2v) is 8.78. The number of hydrogen-bond acceptors (Lipinski definition) is 5. The maximum absolute atomic E-state index is 13.3. The number of hydrogen-bond donors (Lipinski definition) is 0. The molecule has 2 aliphatic heterocycles. The molecule has 2 saturated heterocycles. The molecule has 0 N–H and O–H groups in total. The first-order valence-electron chi connectivity index (χ1n) is 11.0. The molecular formula is C23H21F6N3O4. The molecule has 0 unspecified atom stereocenters. The number of rotatable bonds is 5. The largest absolute Gasteiger partial charge is 0.439 e. The van der Waals surface area contributed by atoms with E-state index in [9.17, 15) is 41.3 Å². The number of non-ortho nitro benzene ring substituents is 1. The van der Waals surface area contributed by atoms with Crippen LogP contribution in [0.2, 0.25) is 0 Å². The second kappa shape index (κ2) is 9.17. The van der Waals surface area contributed by atoms with E-state index in [2.05, 4.69) is 0 Å². The van der Waals surface area contributed by atoms with Crippen molar-refractivity contribution in [2.75, 3.05) is 18.0 Å². The molecule has 0 radical (unpaired) electrons. The Labute approximate surface area is 201 Å². The van der Waals surface area contributed by atoms with E-state index < -0.39 is 52.2 Å². The zero-order valence-electron chi connectivity index (χ0n) is 18.9. The number of amides is 1. The number of carbonyl (C=O) groups is 1. The van der Waals surface area contributed by atoms with Crippen molar-refractivity contribution in [2.45, 2.75) is 50.8 Å². The van der Waals surface area contributed by atoms with Crippen LogP contribution in [-0.2, 0) is 23.6 Å². The van der Waals surface area contributed by atoms with E-state index in [1.54, 1.807) is 6.07 Å². The smallest absolute Gasteiger partial charge is 0.416 e. The van der Waals surface area contributed by atoms with Gasteiger partial charge in [0.2, 0.25) is 0 Å². The maximum Gasteiger partial charge on any atom is 0.416 e. The monoisotopic (exact) mass is 517 g/mol. The third kappa shape index (κ3) is 5.05. The van der Waals surface area contributed by atoms with Crippen molar-refractivity contribution in [3.8, 4) is 0 Å². The van der Waals surface area contributed by atoms with Gasteiger partial charge >= 0.3 is 18.4 Å². The van der Waals surface area contributed by atoms with E-state index in [0.29, 0.717) is 36.5 Å². The molecule has 194 valence electrons. The molecule has 2 aromatic rings. The Morgan fingerprint density at radius 2 is 1.58 bits per heavy atom. The molecule has 2 aromatic carbocycles. The van der Waals surface area contributed by atoms with Gasteiger partial charge in [-0.15, -0.1) is 0 Å². The van der Waals surface area contributed by atoms with E-state index in [0.717, 1.165) is 17.7 Å². The summed E-state index contributed by atoms with van der Waals surface area (Å²) in [5.41, 5.74) is -2.58. The van der Waals surface area contributed by atoms with Gasteiger partial charge in [-0.2, -0.15) is 26.3 Å². The highest BCUT2D eigenvalue weighted by atomic mass is 19.4. The van der Waals surface area contributed by atoms with Crippen LogP contribution in [0.5, 0.6) is 0 Å². The molecule has 1 amide bonds. The van der Waals surface area contributed by atoms with E-state index >= 15 is 0 Å². The zero-order chi connectivity index (χ0) is 26.4. The fraction of sp³-hybridized carbons (Fsp3) is 0.435. The van der Waals surface area contributed by atoms with E-state index in [4.69, 9.17) is 4.74 Å². The van der Waals surface area contributed by atoms with Gasteiger partial charge in [0, 0.05) is 36.5 Å². The van der Waals surface area contributed by atoms with Gasteiger partial charge in [-0.1, -0.05) is 0 Å². The SMILES string of the molecule is C[C@H]1[C@@H](c2cc(C(F)(F)F)cc(C(F)(F)F)c2)OC(=O)N1Cc1cc([N+](=O)[O-])ccc1N1CCCC1. The van der Waals surface area contributed by atoms with Crippen molar-refractivity contribution < 1.29 is 40.8 Å². The first kappa shape index (κ1) is 25.6. The van der Waals surface area contributed by atoms with E-state index in [-0.39, 0.29) is 18.3 Å². The maximum atomic E-state index is 13.3. The van der Waals surface area contributed by atoms with Gasteiger partial charge in [-0.05, 0) is 49.6 Å². The molecule has 36 heavy (non-hydrogen) atoms. The highest BCUT2D eigenvalue weighted by Crippen LogP contribution is 2.41. The summed E-state index contributed by atoms with van der Waals surface area (Å²) in [5, 5.41) is 11.3. The van der Waals surface area contributed by atoms with Crippen LogP contribution in [0.4, 0.5) is 42.5 Å². The minimum absolute atomic E-state index is 0.00807. The van der Waals surface area contributed by atoms with Gasteiger partial charge in [0.05, 0.1) is 28.6 Å². The standard InChI is InChI=1S/C23H21F6N3O4/c1-13-20(14-8-16(22(24,25)26)11-17(9-14)23(27,28)29)36-21(33)31(13)12-15-10-18(32(34)35)4-5-19(15)30-6-2-3-7-30/h4-5,8-11,13,20H,2-3,6-7,12H2,1H3/t13-,20-/m0/s1. The lowest BCUT2D eigenvalue weighted by molar-refractivity contribution is -0.384. The third-order valence-electron chi connectivity index (χ3n) is 6.39. The molecule has 0 aromatic heterocycles. The van der Waals surface area contributed by atoms with Gasteiger partial charge in [-0.25, -0.2) is 4.79 Å². The number of carbonyl (C=O) groups excluding carboxylic acids is 1. The average molecular weight is 517 g/mol. The molecule has 2 heterocycles. The van der Waals surface area contributed by atoms with Gasteiger partial charge in [-0.3, -0.25) is 15.0 Å². The first-order valence-corrected chi connectivity index (χ1v) is 11.0. The van der Waals surface area contributed by atoms with E-state index in [1.807, 2.05) is 4.90 Å². The molecule has 0 spiro atoms. The number of halogens is 6. The lowest BCUT2D eigenvalue weighted by atomic mass is 9.97. The molecule has 2 aliphatic rings. The van der Waals surface area contributed by atoms with Gasteiger partial charge in [0.25, 0.3) is 5.69 Å². The van der Waals surface area contributed by atoms with Crippen molar-refractivity contribution in [1.82, 2.24) is 4.90 Å². The minimum Gasteiger partial charge on any atom is -0.439 e. The van der Waals surface area contributed by atoms with Crippen molar-refractivity contribution in [3.63, 3.8) is 0 Å². The van der Waals surface area contributed by atoms with Crippen LogP contribution in [-0.4, -0.2) is 35.0 Å². The first-order chi connectivity index (χ1) is 16.8. The number of alkyl halides is 6. The summed E-state index contributed by atoms with van der Waals surface area (Å²) in [4.78, 5) is 26.6. The van der Waals surface area contributed by atoms with Crippen molar-refractivity contribution in [3.05, 3.63) is 68.8 Å². The Balaban J connectivity index is 1.68. The number of benzene rings is 2. The van der Waals surface area contributed by atoms with Crippen LogP contribution >= 0.6 is 0 Å². The number of anilines is 1. The summed E-state index contributed by atoms with van der Waals surface area (Å²) in [6.45, 7) is 2.68. The van der Waals surface area contributed by atoms with Crippen LogP contribution < -0.4 is 4.90 Å². The summed E-state index contributed by atoms with van der Waals surface area (Å²) in [7, 11) is 0. The van der Waals surface area contributed by atoms with Crippen molar-refractivity contribution >= 4 is 17.5 Å². The minimum atomic E-state index is -5.05. The summed E-state index contributed by atoms with van der Waals surface area (Å²) >= 11 is 0. The highest BCUT2D eigenvalue weighted by Gasteiger charge is 2.43. The summed E-state index contributed by atoms with van der Waals surface area (Å²) in [6.07, 6.45) is -10.6. The molecule has 7 nitrogen and oxygen atoms in total. The van der Waals surface area contributed by atoms with Crippen LogP contribution in [0.3, 0.4) is 0 Å². The molecule has 0 saturated carbocycles. The highest BCUT2D eigenvalue weighted by molar-refractivity contribution is 5.72. The lowest BCUT2D eigenvalue weighted by Crippen LogP contribution is -2.32. The quantitative estimate of drug-likeness (QED) is 0.264. The molecule has 2 fully saturated rings. The van der Waals surface area contributed by atoms with Crippen LogP contribution in [0.15, 0.2) is 36.4 Å². The molecule has 0 bridgehead atoms. The number of nitro groups is 1. The number of cyclic esters (lactones) is 1. The van der Waals surface area contributed by atoms with Crippen molar-refractivity contribution in [2.24, 2.45) is 0 Å².